The number of aromatic nitrogens is 2. The van der Waals surface area contributed by atoms with Crippen molar-refractivity contribution in [1.82, 2.24) is 9.97 Å². The first kappa shape index (κ1) is 8.27. The molecule has 3 heteroatoms. The highest BCUT2D eigenvalue weighted by atomic mass is 15.0. The molecule has 62 valence electrons. The highest BCUT2D eigenvalue weighted by molar-refractivity contribution is 5.14. The second kappa shape index (κ2) is 3.05. The van der Waals surface area contributed by atoms with E-state index >= 15 is 0 Å². The first-order valence-electron chi connectivity index (χ1n) is 3.96. The zero-order valence-corrected chi connectivity index (χ0v) is 7.31. The molecule has 1 rings (SSSR count). The molecule has 1 aromatic heterocycles. The van der Waals surface area contributed by atoms with Gasteiger partial charge in [-0.3, -0.25) is 0 Å². The van der Waals surface area contributed by atoms with E-state index in [-0.39, 0.29) is 6.04 Å². The molecule has 3 N–H and O–H groups in total. The lowest BCUT2D eigenvalue weighted by atomic mass is 10.3. The topological polar surface area (TPSA) is 54.7 Å². The Hall–Kier alpha value is -0.830. The van der Waals surface area contributed by atoms with Crippen molar-refractivity contribution in [1.29, 1.82) is 0 Å². The Morgan fingerprint density at radius 1 is 1.64 bits per heavy atom. The molecular formula is C8H15N3. The van der Waals surface area contributed by atoms with E-state index in [1.165, 1.54) is 0 Å². The Kier molecular flexibility index (Phi) is 2.29. The Bertz CT molecular complexity index is 237. The summed E-state index contributed by atoms with van der Waals surface area (Å²) in [4.78, 5) is 7.51. The van der Waals surface area contributed by atoms with E-state index in [4.69, 9.17) is 5.73 Å². The van der Waals surface area contributed by atoms with Crippen molar-refractivity contribution >= 4 is 0 Å². The van der Waals surface area contributed by atoms with E-state index in [2.05, 4.69) is 16.9 Å². The minimum Gasteiger partial charge on any atom is -0.345 e. The maximum atomic E-state index is 5.66. The summed E-state index contributed by atoms with van der Waals surface area (Å²) >= 11 is 0. The van der Waals surface area contributed by atoms with Crippen molar-refractivity contribution < 1.29 is 0 Å². The fourth-order valence-corrected chi connectivity index (χ4v) is 1.08. The van der Waals surface area contributed by atoms with Crippen molar-refractivity contribution in [2.75, 3.05) is 0 Å². The molecule has 1 atom stereocenters. The van der Waals surface area contributed by atoms with Crippen LogP contribution in [0.1, 0.15) is 37.1 Å². The Balaban J connectivity index is 2.95. The van der Waals surface area contributed by atoms with Gasteiger partial charge in [0.05, 0.1) is 11.7 Å². The third kappa shape index (κ3) is 1.60. The van der Waals surface area contributed by atoms with Gasteiger partial charge >= 0.3 is 0 Å². The molecule has 0 radical (unpaired) electrons. The van der Waals surface area contributed by atoms with Crippen LogP contribution < -0.4 is 5.73 Å². The Labute approximate surface area is 67.0 Å². The average Bonchev–Trinajstić information content (AvgIpc) is 2.31. The lowest BCUT2D eigenvalue weighted by Gasteiger charge is -1.96. The van der Waals surface area contributed by atoms with Gasteiger partial charge in [-0.25, -0.2) is 4.98 Å². The van der Waals surface area contributed by atoms with Gasteiger partial charge in [-0.2, -0.15) is 0 Å². The number of hydrogen-bond donors (Lipinski definition) is 2. The van der Waals surface area contributed by atoms with Crippen molar-refractivity contribution in [2.45, 2.75) is 33.2 Å². The molecule has 11 heavy (non-hydrogen) atoms. The van der Waals surface area contributed by atoms with E-state index in [1.807, 2.05) is 13.8 Å². The van der Waals surface area contributed by atoms with Crippen LogP contribution in [0.25, 0.3) is 0 Å². The Morgan fingerprint density at radius 2 is 2.27 bits per heavy atom. The van der Waals surface area contributed by atoms with Crippen molar-refractivity contribution in [2.24, 2.45) is 5.73 Å². The van der Waals surface area contributed by atoms with E-state index in [0.717, 1.165) is 23.6 Å². The number of aromatic amines is 1. The number of nitrogens with one attached hydrogen (secondary N) is 1. The van der Waals surface area contributed by atoms with Crippen LogP contribution in [0.4, 0.5) is 0 Å². The molecule has 3 nitrogen and oxygen atoms in total. The normalized spacial score (nSPS) is 13.5. The molecule has 0 fully saturated rings. The van der Waals surface area contributed by atoms with Gasteiger partial charge < -0.3 is 10.7 Å². The van der Waals surface area contributed by atoms with Gasteiger partial charge in [-0.15, -0.1) is 0 Å². The second-order valence-corrected chi connectivity index (χ2v) is 2.84. The van der Waals surface area contributed by atoms with Crippen LogP contribution in [0.3, 0.4) is 0 Å². The summed E-state index contributed by atoms with van der Waals surface area (Å²) in [5, 5.41) is 0. The Morgan fingerprint density at radius 3 is 2.55 bits per heavy atom. The van der Waals surface area contributed by atoms with Gasteiger partial charge in [0.2, 0.25) is 0 Å². The summed E-state index contributed by atoms with van der Waals surface area (Å²) in [5.74, 6) is 0.888. The number of nitrogens with zero attached hydrogens (tertiary/aromatic N) is 1. The third-order valence-electron chi connectivity index (χ3n) is 1.77. The maximum Gasteiger partial charge on any atom is 0.123 e. The van der Waals surface area contributed by atoms with E-state index in [9.17, 15) is 0 Å². The molecule has 1 heterocycles. The third-order valence-corrected chi connectivity index (χ3v) is 1.77. The predicted octanol–water partition coefficient (Wildman–Crippen LogP) is 1.30. The molecule has 0 saturated carbocycles. The van der Waals surface area contributed by atoms with Crippen molar-refractivity contribution in [3.8, 4) is 0 Å². The van der Waals surface area contributed by atoms with Crippen molar-refractivity contribution in [3.63, 3.8) is 0 Å². The second-order valence-electron chi connectivity index (χ2n) is 2.84. The van der Waals surface area contributed by atoms with Gasteiger partial charge in [0, 0.05) is 5.69 Å². The molecule has 0 bridgehead atoms. The van der Waals surface area contributed by atoms with Crippen LogP contribution in [0.2, 0.25) is 0 Å². The van der Waals surface area contributed by atoms with Crippen LogP contribution in [0, 0.1) is 6.92 Å². The number of rotatable bonds is 2. The molecule has 0 amide bonds. The summed E-state index contributed by atoms with van der Waals surface area (Å²) < 4.78 is 0. The predicted molar refractivity (Wildman–Crippen MR) is 45.3 cm³/mol. The number of hydrogen-bond acceptors (Lipinski definition) is 2. The molecule has 0 aliphatic heterocycles. The molecule has 0 aliphatic carbocycles. The zero-order valence-electron chi connectivity index (χ0n) is 7.31. The van der Waals surface area contributed by atoms with E-state index < -0.39 is 0 Å². The van der Waals surface area contributed by atoms with E-state index in [0.29, 0.717) is 0 Å². The molecule has 0 aliphatic rings. The first-order chi connectivity index (χ1) is 5.15. The van der Waals surface area contributed by atoms with E-state index in [1.54, 1.807) is 0 Å². The van der Waals surface area contributed by atoms with Crippen LogP contribution in [0.5, 0.6) is 0 Å². The number of nitrogens with two attached hydrogens (primary N) is 1. The van der Waals surface area contributed by atoms with Gasteiger partial charge in [0.1, 0.15) is 5.82 Å². The SMILES string of the molecule is CCc1nc([C@@H](C)N)[nH]c1C. The molecule has 0 unspecified atom stereocenters. The van der Waals surface area contributed by atoms with Gasteiger partial charge in [0.15, 0.2) is 0 Å². The fourth-order valence-electron chi connectivity index (χ4n) is 1.08. The quantitative estimate of drug-likeness (QED) is 0.672. The molecule has 0 aromatic carbocycles. The average molecular weight is 153 g/mol. The standard InChI is InChI=1S/C8H15N3/c1-4-7-6(3)10-8(11-7)5(2)9/h5H,4,9H2,1-3H3,(H,10,11)/t5-/m1/s1. The lowest BCUT2D eigenvalue weighted by Crippen LogP contribution is -2.06. The van der Waals surface area contributed by atoms with Gasteiger partial charge in [-0.05, 0) is 20.3 Å². The lowest BCUT2D eigenvalue weighted by molar-refractivity contribution is 0.750. The van der Waals surface area contributed by atoms with Crippen molar-refractivity contribution in [3.05, 3.63) is 17.2 Å². The summed E-state index contributed by atoms with van der Waals surface area (Å²) in [5.41, 5.74) is 7.92. The van der Waals surface area contributed by atoms with Crippen LogP contribution >= 0.6 is 0 Å². The number of aryl methyl sites for hydroxylation is 2. The number of imidazole rings is 1. The van der Waals surface area contributed by atoms with Gasteiger partial charge in [-0.1, -0.05) is 6.92 Å². The van der Waals surface area contributed by atoms with Crippen LogP contribution in [0.15, 0.2) is 0 Å². The zero-order chi connectivity index (χ0) is 8.43. The molecular weight excluding hydrogens is 138 g/mol. The minimum atomic E-state index is 0.00833. The summed E-state index contributed by atoms with van der Waals surface area (Å²) in [7, 11) is 0. The summed E-state index contributed by atoms with van der Waals surface area (Å²) in [6, 6.07) is 0.00833. The number of H-pyrrole nitrogens is 1. The highest BCUT2D eigenvalue weighted by Gasteiger charge is 2.06. The monoisotopic (exact) mass is 153 g/mol. The smallest absolute Gasteiger partial charge is 0.123 e. The first-order valence-corrected chi connectivity index (χ1v) is 3.96. The summed E-state index contributed by atoms with van der Waals surface area (Å²) in [6.45, 7) is 6.05. The van der Waals surface area contributed by atoms with Crippen LogP contribution in [-0.2, 0) is 6.42 Å². The molecule has 1 aromatic rings. The maximum absolute atomic E-state index is 5.66. The van der Waals surface area contributed by atoms with Crippen LogP contribution in [-0.4, -0.2) is 9.97 Å². The highest BCUT2D eigenvalue weighted by Crippen LogP contribution is 2.09. The fraction of sp³-hybridized carbons (Fsp3) is 0.625. The summed E-state index contributed by atoms with van der Waals surface area (Å²) in [6.07, 6.45) is 0.967. The van der Waals surface area contributed by atoms with Gasteiger partial charge in [0.25, 0.3) is 0 Å². The molecule has 0 saturated heterocycles. The largest absolute Gasteiger partial charge is 0.345 e. The minimum absolute atomic E-state index is 0.00833. The molecule has 0 spiro atoms.